The molecule has 0 spiro atoms. The van der Waals surface area contributed by atoms with Gasteiger partial charge in [0.25, 0.3) is 0 Å². The molecule has 16 heavy (non-hydrogen) atoms. The van der Waals surface area contributed by atoms with Crippen molar-refractivity contribution in [2.24, 2.45) is 0 Å². The van der Waals surface area contributed by atoms with Gasteiger partial charge < -0.3 is 5.32 Å². The Morgan fingerprint density at radius 2 is 2.56 bits per heavy atom. The molecule has 0 aliphatic rings. The maximum absolute atomic E-state index is 11.7. The van der Waals surface area contributed by atoms with E-state index in [1.165, 1.54) is 17.3 Å². The van der Waals surface area contributed by atoms with E-state index in [4.69, 9.17) is 0 Å². The Morgan fingerprint density at radius 1 is 1.69 bits per heavy atom. The molecule has 0 aliphatic carbocycles. The molecule has 1 atom stereocenters. The predicted octanol–water partition coefficient (Wildman–Crippen LogP) is 1.22. The Kier molecular flexibility index (Phi) is 3.31. The summed E-state index contributed by atoms with van der Waals surface area (Å²) >= 11 is 1.62. The maximum Gasteiger partial charge on any atom is 0.244 e. The molecular weight excluding hydrogens is 224 g/mol. The molecule has 5 nitrogen and oxygen atoms in total. The lowest BCUT2D eigenvalue weighted by Crippen LogP contribution is -2.30. The number of rotatable bonds is 4. The molecular formula is C10H12N4OS. The number of aromatic nitrogens is 3. The van der Waals surface area contributed by atoms with Crippen molar-refractivity contribution < 1.29 is 4.79 Å². The minimum absolute atomic E-state index is 0.0566. The van der Waals surface area contributed by atoms with Crippen molar-refractivity contribution in [2.75, 3.05) is 0 Å². The average Bonchev–Trinajstić information content (AvgIpc) is 2.96. The SMILES string of the molecule is C[C@H](C(=O)NCc1cccs1)n1cncn1. The fourth-order valence-corrected chi connectivity index (χ4v) is 1.92. The molecule has 0 unspecified atom stereocenters. The van der Waals surface area contributed by atoms with Crippen LogP contribution < -0.4 is 5.32 Å². The fraction of sp³-hybridized carbons (Fsp3) is 0.300. The summed E-state index contributed by atoms with van der Waals surface area (Å²) in [7, 11) is 0. The molecule has 0 saturated heterocycles. The Bertz CT molecular complexity index is 437. The zero-order chi connectivity index (χ0) is 11.4. The molecule has 84 valence electrons. The number of nitrogens with one attached hydrogen (secondary N) is 1. The van der Waals surface area contributed by atoms with Gasteiger partial charge in [0.2, 0.25) is 5.91 Å². The molecule has 0 bridgehead atoms. The molecule has 1 amide bonds. The summed E-state index contributed by atoms with van der Waals surface area (Å²) in [6, 6.07) is 3.63. The molecule has 0 aliphatic heterocycles. The van der Waals surface area contributed by atoms with Crippen LogP contribution in [-0.4, -0.2) is 20.7 Å². The first kappa shape index (κ1) is 10.8. The lowest BCUT2D eigenvalue weighted by Gasteiger charge is -2.11. The van der Waals surface area contributed by atoms with Crippen LogP contribution in [0.5, 0.6) is 0 Å². The van der Waals surface area contributed by atoms with Crippen molar-refractivity contribution in [3.8, 4) is 0 Å². The summed E-state index contributed by atoms with van der Waals surface area (Å²) in [6.45, 7) is 2.36. The van der Waals surface area contributed by atoms with Gasteiger partial charge in [0.1, 0.15) is 18.7 Å². The summed E-state index contributed by atoms with van der Waals surface area (Å²) in [5.41, 5.74) is 0. The first-order valence-electron chi connectivity index (χ1n) is 4.91. The van der Waals surface area contributed by atoms with Gasteiger partial charge in [-0.2, -0.15) is 5.10 Å². The van der Waals surface area contributed by atoms with Crippen LogP contribution in [0.15, 0.2) is 30.2 Å². The second-order valence-corrected chi connectivity index (χ2v) is 4.38. The minimum Gasteiger partial charge on any atom is -0.349 e. The van der Waals surface area contributed by atoms with E-state index >= 15 is 0 Å². The number of hydrogen-bond donors (Lipinski definition) is 1. The third-order valence-corrected chi connectivity index (χ3v) is 3.11. The van der Waals surface area contributed by atoms with Gasteiger partial charge >= 0.3 is 0 Å². The van der Waals surface area contributed by atoms with E-state index in [1.54, 1.807) is 18.3 Å². The molecule has 1 N–H and O–H groups in total. The molecule has 6 heteroatoms. The predicted molar refractivity (Wildman–Crippen MR) is 60.9 cm³/mol. The number of nitrogens with zero attached hydrogens (tertiary/aromatic N) is 3. The fourth-order valence-electron chi connectivity index (χ4n) is 1.27. The van der Waals surface area contributed by atoms with Gasteiger partial charge in [-0.25, -0.2) is 9.67 Å². The van der Waals surface area contributed by atoms with Gasteiger partial charge in [-0.1, -0.05) is 6.07 Å². The van der Waals surface area contributed by atoms with Crippen LogP contribution in [0.2, 0.25) is 0 Å². The Balaban J connectivity index is 1.89. The molecule has 2 rings (SSSR count). The monoisotopic (exact) mass is 236 g/mol. The van der Waals surface area contributed by atoms with Gasteiger partial charge in [-0.3, -0.25) is 4.79 Å². The van der Waals surface area contributed by atoms with Crippen molar-refractivity contribution in [3.63, 3.8) is 0 Å². The molecule has 2 heterocycles. The second kappa shape index (κ2) is 4.89. The van der Waals surface area contributed by atoms with Crippen LogP contribution in [0.1, 0.15) is 17.8 Å². The molecule has 0 aromatic carbocycles. The first-order chi connectivity index (χ1) is 7.77. The number of carbonyl (C=O) groups is 1. The molecule has 0 fully saturated rings. The average molecular weight is 236 g/mol. The highest BCUT2D eigenvalue weighted by molar-refractivity contribution is 7.09. The van der Waals surface area contributed by atoms with Gasteiger partial charge in [0.05, 0.1) is 6.54 Å². The van der Waals surface area contributed by atoms with E-state index in [-0.39, 0.29) is 11.9 Å². The summed E-state index contributed by atoms with van der Waals surface area (Å²) in [5.74, 6) is -0.0566. The van der Waals surface area contributed by atoms with Crippen LogP contribution in [0, 0.1) is 0 Å². The Labute approximate surface area is 97.1 Å². The van der Waals surface area contributed by atoms with E-state index in [2.05, 4.69) is 15.4 Å². The number of amides is 1. The van der Waals surface area contributed by atoms with Gasteiger partial charge in [0, 0.05) is 4.88 Å². The molecule has 0 radical (unpaired) electrons. The van der Waals surface area contributed by atoms with Crippen molar-refractivity contribution in [1.82, 2.24) is 20.1 Å². The molecule has 2 aromatic heterocycles. The van der Waals surface area contributed by atoms with Gasteiger partial charge in [-0.15, -0.1) is 11.3 Å². The highest BCUT2D eigenvalue weighted by Gasteiger charge is 2.14. The summed E-state index contributed by atoms with van der Waals surface area (Å²) in [5, 5.41) is 8.77. The summed E-state index contributed by atoms with van der Waals surface area (Å²) in [6.07, 6.45) is 2.96. The number of thiophene rings is 1. The van der Waals surface area contributed by atoms with Crippen LogP contribution in [0.4, 0.5) is 0 Å². The van der Waals surface area contributed by atoms with Crippen LogP contribution in [-0.2, 0) is 11.3 Å². The summed E-state index contributed by atoms with van der Waals surface area (Å²) < 4.78 is 1.53. The smallest absolute Gasteiger partial charge is 0.244 e. The number of carbonyl (C=O) groups excluding carboxylic acids is 1. The Morgan fingerprint density at radius 3 is 3.19 bits per heavy atom. The Hall–Kier alpha value is -1.69. The molecule has 0 saturated carbocycles. The van der Waals surface area contributed by atoms with Crippen molar-refractivity contribution in [2.45, 2.75) is 19.5 Å². The lowest BCUT2D eigenvalue weighted by molar-refractivity contribution is -0.124. The normalized spacial score (nSPS) is 12.3. The summed E-state index contributed by atoms with van der Waals surface area (Å²) in [4.78, 5) is 16.7. The zero-order valence-corrected chi connectivity index (χ0v) is 9.65. The van der Waals surface area contributed by atoms with Crippen molar-refractivity contribution in [1.29, 1.82) is 0 Å². The van der Waals surface area contributed by atoms with Crippen LogP contribution >= 0.6 is 11.3 Å². The highest BCUT2D eigenvalue weighted by Crippen LogP contribution is 2.08. The number of hydrogen-bond acceptors (Lipinski definition) is 4. The van der Waals surface area contributed by atoms with Crippen LogP contribution in [0.3, 0.4) is 0 Å². The second-order valence-electron chi connectivity index (χ2n) is 3.35. The van der Waals surface area contributed by atoms with E-state index in [0.717, 1.165) is 4.88 Å². The third-order valence-electron chi connectivity index (χ3n) is 2.23. The van der Waals surface area contributed by atoms with E-state index in [1.807, 2.05) is 17.5 Å². The van der Waals surface area contributed by atoms with Crippen molar-refractivity contribution in [3.05, 3.63) is 35.0 Å². The van der Waals surface area contributed by atoms with Crippen LogP contribution in [0.25, 0.3) is 0 Å². The van der Waals surface area contributed by atoms with Gasteiger partial charge in [-0.05, 0) is 18.4 Å². The standard InChI is InChI=1S/C10H12N4OS/c1-8(14-7-11-6-13-14)10(15)12-5-9-3-2-4-16-9/h2-4,6-8H,5H2,1H3,(H,12,15)/t8-/m1/s1. The molecule has 2 aromatic rings. The van der Waals surface area contributed by atoms with E-state index in [0.29, 0.717) is 6.54 Å². The topological polar surface area (TPSA) is 59.8 Å². The highest BCUT2D eigenvalue weighted by atomic mass is 32.1. The maximum atomic E-state index is 11.7. The largest absolute Gasteiger partial charge is 0.349 e. The minimum atomic E-state index is -0.331. The lowest BCUT2D eigenvalue weighted by atomic mass is 10.3. The third kappa shape index (κ3) is 2.46. The van der Waals surface area contributed by atoms with Crippen molar-refractivity contribution >= 4 is 17.2 Å². The van der Waals surface area contributed by atoms with E-state index in [9.17, 15) is 4.79 Å². The quantitative estimate of drug-likeness (QED) is 0.868. The van der Waals surface area contributed by atoms with Gasteiger partial charge in [0.15, 0.2) is 0 Å². The first-order valence-corrected chi connectivity index (χ1v) is 5.79. The zero-order valence-electron chi connectivity index (χ0n) is 8.83. The van der Waals surface area contributed by atoms with E-state index < -0.39 is 0 Å².